The van der Waals surface area contributed by atoms with Gasteiger partial charge in [0, 0.05) is 11.1 Å². The minimum Gasteiger partial charge on any atom is -0.505 e. The standard InChI is InChI=1S/C15H11Cl2NO2/c16-12-6-10(7-13(17)15(12)19)18-8-11-5-9-3-1-2-4-14(9)20-11/h1-7,18-19H,8H2. The summed E-state index contributed by atoms with van der Waals surface area (Å²) in [5, 5.41) is 14.1. The van der Waals surface area contributed by atoms with E-state index in [1.165, 1.54) is 0 Å². The van der Waals surface area contributed by atoms with E-state index in [0.29, 0.717) is 6.54 Å². The number of phenols is 1. The molecule has 102 valence electrons. The second kappa shape index (κ2) is 5.27. The molecule has 0 radical (unpaired) electrons. The molecule has 0 saturated heterocycles. The third-order valence-corrected chi connectivity index (χ3v) is 3.54. The van der Waals surface area contributed by atoms with Gasteiger partial charge < -0.3 is 14.8 Å². The van der Waals surface area contributed by atoms with Gasteiger partial charge >= 0.3 is 0 Å². The maximum absolute atomic E-state index is 9.50. The maximum Gasteiger partial charge on any atom is 0.152 e. The van der Waals surface area contributed by atoms with E-state index < -0.39 is 0 Å². The van der Waals surface area contributed by atoms with Gasteiger partial charge in [-0.3, -0.25) is 0 Å². The van der Waals surface area contributed by atoms with Crippen LogP contribution in [0.4, 0.5) is 5.69 Å². The summed E-state index contributed by atoms with van der Waals surface area (Å²) in [6.45, 7) is 0.506. The number of hydrogen-bond acceptors (Lipinski definition) is 3. The lowest BCUT2D eigenvalue weighted by Crippen LogP contribution is -1.97. The summed E-state index contributed by atoms with van der Waals surface area (Å²) in [6.07, 6.45) is 0. The Labute approximate surface area is 125 Å². The Morgan fingerprint density at radius 2 is 1.75 bits per heavy atom. The van der Waals surface area contributed by atoms with Crippen molar-refractivity contribution >= 4 is 39.9 Å². The van der Waals surface area contributed by atoms with Gasteiger partial charge in [-0.15, -0.1) is 0 Å². The van der Waals surface area contributed by atoms with Gasteiger partial charge in [-0.05, 0) is 24.3 Å². The first-order valence-corrected chi connectivity index (χ1v) is 6.78. The van der Waals surface area contributed by atoms with Crippen LogP contribution in [0, 0.1) is 0 Å². The number of furan rings is 1. The summed E-state index contributed by atoms with van der Waals surface area (Å²) in [5.74, 6) is 0.703. The molecule has 20 heavy (non-hydrogen) atoms. The molecule has 1 heterocycles. The van der Waals surface area contributed by atoms with Gasteiger partial charge in [0.15, 0.2) is 5.75 Å². The van der Waals surface area contributed by atoms with Gasteiger partial charge in [0.25, 0.3) is 0 Å². The molecule has 0 amide bonds. The number of hydrogen-bond donors (Lipinski definition) is 2. The molecule has 1 aromatic heterocycles. The number of benzene rings is 2. The van der Waals surface area contributed by atoms with Crippen molar-refractivity contribution in [3.05, 3.63) is 58.3 Å². The first-order chi connectivity index (χ1) is 9.63. The summed E-state index contributed by atoms with van der Waals surface area (Å²) < 4.78 is 5.70. The quantitative estimate of drug-likeness (QED) is 0.665. The summed E-state index contributed by atoms with van der Waals surface area (Å²) in [7, 11) is 0. The Kier molecular flexibility index (Phi) is 3.47. The molecule has 3 rings (SSSR count). The molecule has 0 aliphatic rings. The van der Waals surface area contributed by atoms with Gasteiger partial charge in [-0.1, -0.05) is 41.4 Å². The lowest BCUT2D eigenvalue weighted by atomic mass is 10.2. The van der Waals surface area contributed by atoms with Crippen molar-refractivity contribution in [3.8, 4) is 5.75 Å². The molecule has 2 aromatic carbocycles. The predicted molar refractivity (Wildman–Crippen MR) is 81.7 cm³/mol. The molecule has 0 fully saturated rings. The average Bonchev–Trinajstić information content (AvgIpc) is 2.85. The Morgan fingerprint density at radius 3 is 2.45 bits per heavy atom. The molecule has 0 aliphatic carbocycles. The van der Waals surface area contributed by atoms with Gasteiger partial charge in [-0.2, -0.15) is 0 Å². The van der Waals surface area contributed by atoms with Crippen molar-refractivity contribution < 1.29 is 9.52 Å². The molecule has 0 aliphatic heterocycles. The predicted octanol–water partition coefficient (Wildman–Crippen LogP) is 5.06. The number of halogens is 2. The van der Waals surface area contributed by atoms with Gasteiger partial charge in [-0.25, -0.2) is 0 Å². The molecule has 0 unspecified atom stereocenters. The molecule has 0 bridgehead atoms. The largest absolute Gasteiger partial charge is 0.505 e. The van der Waals surface area contributed by atoms with Gasteiger partial charge in [0.2, 0.25) is 0 Å². The first-order valence-electron chi connectivity index (χ1n) is 6.03. The Balaban J connectivity index is 1.79. The molecule has 5 heteroatoms. The smallest absolute Gasteiger partial charge is 0.152 e. The number of para-hydroxylation sites is 1. The molecule has 0 saturated carbocycles. The highest BCUT2D eigenvalue weighted by Gasteiger charge is 2.07. The van der Waals surface area contributed by atoms with Crippen molar-refractivity contribution in [3.63, 3.8) is 0 Å². The van der Waals surface area contributed by atoms with Crippen molar-refractivity contribution in [1.82, 2.24) is 0 Å². The minimum absolute atomic E-state index is 0.109. The van der Waals surface area contributed by atoms with E-state index in [4.69, 9.17) is 27.6 Å². The second-order valence-corrected chi connectivity index (χ2v) is 5.21. The second-order valence-electron chi connectivity index (χ2n) is 4.39. The van der Waals surface area contributed by atoms with Crippen molar-refractivity contribution in [2.75, 3.05) is 5.32 Å². The zero-order chi connectivity index (χ0) is 14.1. The highest BCUT2D eigenvalue weighted by molar-refractivity contribution is 6.37. The topological polar surface area (TPSA) is 45.4 Å². The fraction of sp³-hybridized carbons (Fsp3) is 0.0667. The van der Waals surface area contributed by atoms with Gasteiger partial charge in [0.1, 0.15) is 11.3 Å². The van der Waals surface area contributed by atoms with E-state index in [1.807, 2.05) is 30.3 Å². The van der Waals surface area contributed by atoms with Crippen molar-refractivity contribution in [2.24, 2.45) is 0 Å². The third-order valence-electron chi connectivity index (χ3n) is 2.96. The summed E-state index contributed by atoms with van der Waals surface area (Å²) in [4.78, 5) is 0. The van der Waals surface area contributed by atoms with Crippen LogP contribution in [0.3, 0.4) is 0 Å². The molecular formula is C15H11Cl2NO2. The van der Waals surface area contributed by atoms with Crippen LogP contribution in [0.2, 0.25) is 10.0 Å². The van der Waals surface area contributed by atoms with E-state index >= 15 is 0 Å². The molecular weight excluding hydrogens is 297 g/mol. The normalized spacial score (nSPS) is 10.9. The van der Waals surface area contributed by atoms with E-state index in [9.17, 15) is 5.11 Å². The highest BCUT2D eigenvalue weighted by Crippen LogP contribution is 2.34. The number of aromatic hydroxyl groups is 1. The SMILES string of the molecule is Oc1c(Cl)cc(NCc2cc3ccccc3o2)cc1Cl. The number of anilines is 1. The summed E-state index contributed by atoms with van der Waals surface area (Å²) >= 11 is 11.7. The van der Waals surface area contributed by atoms with Crippen molar-refractivity contribution in [1.29, 1.82) is 0 Å². The molecule has 0 spiro atoms. The lowest BCUT2D eigenvalue weighted by molar-refractivity contribution is 0.476. The van der Waals surface area contributed by atoms with Crippen LogP contribution < -0.4 is 5.32 Å². The fourth-order valence-electron chi connectivity index (χ4n) is 1.98. The van der Waals surface area contributed by atoms with Gasteiger partial charge in [0.05, 0.1) is 16.6 Å². The summed E-state index contributed by atoms with van der Waals surface area (Å²) in [6, 6.07) is 13.0. The van der Waals surface area contributed by atoms with Crippen LogP contribution in [0.1, 0.15) is 5.76 Å². The number of phenolic OH excluding ortho intramolecular Hbond substituents is 1. The molecule has 3 nitrogen and oxygen atoms in total. The van der Waals surface area contributed by atoms with E-state index in [2.05, 4.69) is 5.32 Å². The van der Waals surface area contributed by atoms with Crippen molar-refractivity contribution in [2.45, 2.75) is 6.54 Å². The van der Waals surface area contributed by atoms with E-state index in [1.54, 1.807) is 12.1 Å². The number of nitrogens with one attached hydrogen (secondary N) is 1. The van der Waals surface area contributed by atoms with Crippen LogP contribution in [-0.4, -0.2) is 5.11 Å². The zero-order valence-electron chi connectivity index (χ0n) is 10.4. The van der Waals surface area contributed by atoms with Crippen LogP contribution in [0.5, 0.6) is 5.75 Å². The fourth-order valence-corrected chi connectivity index (χ4v) is 2.47. The maximum atomic E-state index is 9.50. The number of fused-ring (bicyclic) bond motifs is 1. The number of rotatable bonds is 3. The lowest BCUT2D eigenvalue weighted by Gasteiger charge is -2.07. The average molecular weight is 308 g/mol. The third kappa shape index (κ3) is 2.55. The Bertz CT molecular complexity index is 711. The van der Waals surface area contributed by atoms with E-state index in [-0.39, 0.29) is 15.8 Å². The van der Waals surface area contributed by atoms with E-state index in [0.717, 1.165) is 22.4 Å². The monoisotopic (exact) mass is 307 g/mol. The van der Waals surface area contributed by atoms with Crippen LogP contribution in [0.15, 0.2) is 46.9 Å². The highest BCUT2D eigenvalue weighted by atomic mass is 35.5. The first kappa shape index (κ1) is 13.2. The Hall–Kier alpha value is -1.84. The molecule has 0 atom stereocenters. The minimum atomic E-state index is -0.109. The molecule has 2 N–H and O–H groups in total. The van der Waals surface area contributed by atoms with Crippen LogP contribution in [0.25, 0.3) is 11.0 Å². The summed E-state index contributed by atoms with van der Waals surface area (Å²) in [5.41, 5.74) is 1.57. The van der Waals surface area contributed by atoms with Crippen LogP contribution in [-0.2, 0) is 6.54 Å². The zero-order valence-corrected chi connectivity index (χ0v) is 11.9. The Morgan fingerprint density at radius 1 is 1.05 bits per heavy atom. The molecule has 3 aromatic rings. The van der Waals surface area contributed by atoms with Crippen LogP contribution >= 0.6 is 23.2 Å².